The fraction of sp³-hybridized carbons (Fsp3) is 0.357. The van der Waals surface area contributed by atoms with Gasteiger partial charge < -0.3 is 5.73 Å². The van der Waals surface area contributed by atoms with Crippen molar-refractivity contribution in [3.05, 3.63) is 48.8 Å². The number of nitrogen functional groups attached to an aromatic ring is 1. The molecule has 0 amide bonds. The van der Waals surface area contributed by atoms with Crippen molar-refractivity contribution in [2.75, 3.05) is 19.3 Å². The second-order valence-corrected chi connectivity index (χ2v) is 5.97. The minimum Gasteiger partial charge on any atom is -0.384 e. The number of rotatable bonds is 5. The molecule has 0 radical (unpaired) electrons. The molecular weight excluding hydrogens is 304 g/mol. The van der Waals surface area contributed by atoms with Crippen LogP contribution >= 0.6 is 11.3 Å². The van der Waals surface area contributed by atoms with Gasteiger partial charge in [0.05, 0.1) is 6.54 Å². The number of nitrogens with zero attached hydrogens (tertiary/aromatic N) is 3. The van der Waals surface area contributed by atoms with Crippen LogP contribution in [0.5, 0.6) is 0 Å². The minimum absolute atomic E-state index is 0.0491. The molecule has 118 valence electrons. The molecule has 0 aliphatic carbocycles. The van der Waals surface area contributed by atoms with Crippen molar-refractivity contribution in [1.29, 1.82) is 0 Å². The Hall–Kier alpha value is -2.19. The number of hydrogen-bond donors (Lipinski definition) is 1. The van der Waals surface area contributed by atoms with E-state index >= 15 is 0 Å². The summed E-state index contributed by atoms with van der Waals surface area (Å²) in [5.41, 5.74) is 5.53. The van der Waals surface area contributed by atoms with E-state index in [1.807, 2.05) is 16.8 Å². The van der Waals surface area contributed by atoms with Crippen LogP contribution in [-0.4, -0.2) is 33.4 Å². The van der Waals surface area contributed by atoms with E-state index in [0.29, 0.717) is 6.54 Å². The largest absolute Gasteiger partial charge is 0.384 e. The topological polar surface area (TPSA) is 90.3 Å². The number of thiophene rings is 1. The van der Waals surface area contributed by atoms with E-state index in [9.17, 15) is 14.4 Å². The summed E-state index contributed by atoms with van der Waals surface area (Å²) in [6, 6.07) is 1.98. The summed E-state index contributed by atoms with van der Waals surface area (Å²) in [5, 5.41) is 3.96. The van der Waals surface area contributed by atoms with Crippen LogP contribution in [0.15, 0.2) is 26.4 Å². The standard InChI is InChI=1S/C14H18N4O3S/c1-16(6-9-4-5-22-8-9)7-10(19)11-12(15)17(2)14(21)18(3)13(11)20/h4-5,8H,6-7,15H2,1-3H3. The molecule has 0 fully saturated rings. The van der Waals surface area contributed by atoms with E-state index in [4.69, 9.17) is 5.73 Å². The molecule has 0 saturated heterocycles. The molecule has 0 atom stereocenters. The summed E-state index contributed by atoms with van der Waals surface area (Å²) < 4.78 is 2.00. The average Bonchev–Trinajstić information content (AvgIpc) is 2.95. The molecule has 8 heteroatoms. The molecule has 0 saturated carbocycles. The summed E-state index contributed by atoms with van der Waals surface area (Å²) >= 11 is 1.58. The van der Waals surface area contributed by atoms with Crippen LogP contribution in [0.25, 0.3) is 0 Å². The number of aromatic nitrogens is 2. The SMILES string of the molecule is CN(CC(=O)c1c(N)n(C)c(=O)n(C)c1=O)Cc1ccsc1. The molecule has 2 N–H and O–H groups in total. The number of likely N-dealkylation sites (N-methyl/N-ethyl adjacent to an activating group) is 1. The van der Waals surface area contributed by atoms with Crippen LogP contribution in [0.2, 0.25) is 0 Å². The van der Waals surface area contributed by atoms with Crippen LogP contribution in [-0.2, 0) is 20.6 Å². The van der Waals surface area contributed by atoms with Gasteiger partial charge >= 0.3 is 5.69 Å². The predicted molar refractivity (Wildman–Crippen MR) is 86.3 cm³/mol. The quantitative estimate of drug-likeness (QED) is 0.785. The Morgan fingerprint density at radius 3 is 2.59 bits per heavy atom. The maximum atomic E-state index is 12.4. The number of ketones is 1. The van der Waals surface area contributed by atoms with E-state index in [2.05, 4.69) is 0 Å². The Morgan fingerprint density at radius 1 is 1.32 bits per heavy atom. The highest BCUT2D eigenvalue weighted by Crippen LogP contribution is 2.10. The second kappa shape index (κ2) is 6.29. The predicted octanol–water partition coefficient (Wildman–Crippen LogP) is 0.0424. The number of nitrogens with two attached hydrogens (primary N) is 1. The lowest BCUT2D eigenvalue weighted by Gasteiger charge is -2.16. The van der Waals surface area contributed by atoms with Crippen LogP contribution in [0.3, 0.4) is 0 Å². The summed E-state index contributed by atoms with van der Waals surface area (Å²) in [6.07, 6.45) is 0. The smallest absolute Gasteiger partial charge is 0.332 e. The van der Waals surface area contributed by atoms with E-state index in [-0.39, 0.29) is 17.9 Å². The van der Waals surface area contributed by atoms with Gasteiger partial charge in [-0.3, -0.25) is 23.6 Å². The van der Waals surface area contributed by atoms with Gasteiger partial charge in [0.1, 0.15) is 11.4 Å². The first-order valence-electron chi connectivity index (χ1n) is 6.61. The molecular formula is C14H18N4O3S. The summed E-state index contributed by atoms with van der Waals surface area (Å²) in [4.78, 5) is 38.1. The van der Waals surface area contributed by atoms with Crippen molar-refractivity contribution < 1.29 is 4.79 Å². The number of Topliss-reactive ketones (excluding diaryl/α,β-unsaturated/α-hetero) is 1. The lowest BCUT2D eigenvalue weighted by molar-refractivity contribution is 0.0941. The van der Waals surface area contributed by atoms with Crippen molar-refractivity contribution in [2.45, 2.75) is 6.54 Å². The van der Waals surface area contributed by atoms with E-state index < -0.39 is 17.0 Å². The van der Waals surface area contributed by atoms with Crippen molar-refractivity contribution in [1.82, 2.24) is 14.0 Å². The Bertz CT molecular complexity index is 805. The van der Waals surface area contributed by atoms with E-state index in [1.54, 1.807) is 23.3 Å². The average molecular weight is 322 g/mol. The van der Waals surface area contributed by atoms with Gasteiger partial charge in [-0.05, 0) is 29.4 Å². The lowest BCUT2D eigenvalue weighted by atomic mass is 10.1. The number of hydrogen-bond acceptors (Lipinski definition) is 6. The fourth-order valence-electron chi connectivity index (χ4n) is 2.20. The molecule has 2 rings (SSSR count). The zero-order valence-electron chi connectivity index (χ0n) is 12.7. The highest BCUT2D eigenvalue weighted by Gasteiger charge is 2.21. The lowest BCUT2D eigenvalue weighted by Crippen LogP contribution is -2.43. The summed E-state index contributed by atoms with van der Waals surface area (Å²) in [5.74, 6) is -0.492. The van der Waals surface area contributed by atoms with Crippen LogP contribution in [0, 0.1) is 0 Å². The third kappa shape index (κ3) is 3.02. The molecule has 0 aliphatic heterocycles. The maximum absolute atomic E-state index is 12.4. The molecule has 2 heterocycles. The van der Waals surface area contributed by atoms with Gasteiger partial charge in [-0.2, -0.15) is 11.3 Å². The number of carbonyl (C=O) groups is 1. The maximum Gasteiger partial charge on any atom is 0.332 e. The third-order valence-corrected chi connectivity index (χ3v) is 4.17. The highest BCUT2D eigenvalue weighted by molar-refractivity contribution is 7.07. The highest BCUT2D eigenvalue weighted by atomic mass is 32.1. The molecule has 0 aromatic carbocycles. The second-order valence-electron chi connectivity index (χ2n) is 5.19. The Morgan fingerprint density at radius 2 is 2.00 bits per heavy atom. The summed E-state index contributed by atoms with van der Waals surface area (Å²) in [7, 11) is 4.55. The van der Waals surface area contributed by atoms with Crippen molar-refractivity contribution in [3.8, 4) is 0 Å². The zero-order valence-corrected chi connectivity index (χ0v) is 13.5. The van der Waals surface area contributed by atoms with Gasteiger partial charge in [0.2, 0.25) is 0 Å². The normalized spacial score (nSPS) is 11.1. The Kier molecular flexibility index (Phi) is 4.62. The molecule has 7 nitrogen and oxygen atoms in total. The summed E-state index contributed by atoms with van der Waals surface area (Å²) in [6.45, 7) is 0.648. The van der Waals surface area contributed by atoms with Crippen molar-refractivity contribution in [2.24, 2.45) is 14.1 Å². The van der Waals surface area contributed by atoms with Gasteiger partial charge in [0, 0.05) is 20.6 Å². The third-order valence-electron chi connectivity index (χ3n) is 3.43. The van der Waals surface area contributed by atoms with Crippen LogP contribution in [0.4, 0.5) is 5.82 Å². The first-order valence-corrected chi connectivity index (χ1v) is 7.55. The molecule has 0 aliphatic rings. The Labute approximate surface area is 131 Å². The van der Waals surface area contributed by atoms with Gasteiger partial charge in [0.25, 0.3) is 5.56 Å². The number of anilines is 1. The fourth-order valence-corrected chi connectivity index (χ4v) is 2.86. The van der Waals surface area contributed by atoms with Gasteiger partial charge in [-0.15, -0.1) is 0 Å². The molecule has 0 bridgehead atoms. The van der Waals surface area contributed by atoms with Gasteiger partial charge in [-0.1, -0.05) is 0 Å². The van der Waals surface area contributed by atoms with E-state index in [0.717, 1.165) is 14.7 Å². The molecule has 2 aromatic rings. The monoisotopic (exact) mass is 322 g/mol. The number of carbonyl (C=O) groups excluding carboxylic acids is 1. The molecule has 0 spiro atoms. The molecule has 2 aromatic heterocycles. The minimum atomic E-state index is -0.658. The van der Waals surface area contributed by atoms with Crippen molar-refractivity contribution >= 4 is 22.9 Å². The first-order chi connectivity index (χ1) is 10.3. The molecule has 0 unspecified atom stereocenters. The van der Waals surface area contributed by atoms with Crippen molar-refractivity contribution in [3.63, 3.8) is 0 Å². The van der Waals surface area contributed by atoms with E-state index in [1.165, 1.54) is 14.1 Å². The van der Waals surface area contributed by atoms with Crippen LogP contribution in [0.1, 0.15) is 15.9 Å². The molecule has 22 heavy (non-hydrogen) atoms. The van der Waals surface area contributed by atoms with Gasteiger partial charge in [0.15, 0.2) is 5.78 Å². The van der Waals surface area contributed by atoms with Gasteiger partial charge in [-0.25, -0.2) is 4.79 Å². The Balaban J connectivity index is 2.27. The van der Waals surface area contributed by atoms with Crippen LogP contribution < -0.4 is 17.0 Å². The zero-order chi connectivity index (χ0) is 16.4. The first kappa shape index (κ1) is 16.2.